The van der Waals surface area contributed by atoms with Crippen LogP contribution in [-0.2, 0) is 10.0 Å². The molecule has 0 saturated carbocycles. The number of benzene rings is 3. The Morgan fingerprint density at radius 3 is 2.24 bits per heavy atom. The van der Waals surface area contributed by atoms with E-state index >= 15 is 0 Å². The van der Waals surface area contributed by atoms with Crippen LogP contribution in [0.1, 0.15) is 15.9 Å². The topological polar surface area (TPSA) is 87.6 Å². The Morgan fingerprint density at radius 2 is 1.59 bits per heavy atom. The summed E-state index contributed by atoms with van der Waals surface area (Å²) in [7, 11) is -3.76. The summed E-state index contributed by atoms with van der Waals surface area (Å²) in [6, 6.07) is 18.8. The van der Waals surface area contributed by atoms with Gasteiger partial charge in [-0.15, -0.1) is 0 Å². The van der Waals surface area contributed by atoms with E-state index in [4.69, 9.17) is 23.2 Å². The number of halogens is 2. The van der Waals surface area contributed by atoms with E-state index in [2.05, 4.69) is 15.2 Å². The van der Waals surface area contributed by atoms with Crippen molar-refractivity contribution in [2.75, 3.05) is 4.72 Å². The van der Waals surface area contributed by atoms with Crippen LogP contribution in [0.25, 0.3) is 0 Å². The maximum Gasteiger partial charge on any atom is 0.271 e. The van der Waals surface area contributed by atoms with Gasteiger partial charge in [0.15, 0.2) is 0 Å². The van der Waals surface area contributed by atoms with Gasteiger partial charge in [-0.05, 0) is 66.2 Å². The second-order valence-electron chi connectivity index (χ2n) is 5.89. The molecule has 3 rings (SSSR count). The molecule has 0 spiro atoms. The number of rotatable bonds is 6. The lowest BCUT2D eigenvalue weighted by Gasteiger charge is -2.08. The first-order valence-corrected chi connectivity index (χ1v) is 10.5. The predicted molar refractivity (Wildman–Crippen MR) is 115 cm³/mol. The summed E-state index contributed by atoms with van der Waals surface area (Å²) in [6.45, 7) is 0. The van der Waals surface area contributed by atoms with E-state index in [0.717, 1.165) is 5.56 Å². The maximum atomic E-state index is 12.4. The zero-order chi connectivity index (χ0) is 20.9. The van der Waals surface area contributed by atoms with E-state index in [0.29, 0.717) is 21.3 Å². The van der Waals surface area contributed by atoms with E-state index in [-0.39, 0.29) is 4.90 Å². The van der Waals surface area contributed by atoms with Crippen LogP contribution >= 0.6 is 23.2 Å². The van der Waals surface area contributed by atoms with Crippen LogP contribution in [0, 0.1) is 0 Å². The van der Waals surface area contributed by atoms with Crippen molar-refractivity contribution in [2.24, 2.45) is 5.10 Å². The highest BCUT2D eigenvalue weighted by Gasteiger charge is 2.14. The van der Waals surface area contributed by atoms with E-state index in [1.807, 2.05) is 0 Å². The maximum absolute atomic E-state index is 12.4. The molecule has 3 aromatic carbocycles. The van der Waals surface area contributed by atoms with Gasteiger partial charge in [-0.2, -0.15) is 5.10 Å². The third kappa shape index (κ3) is 5.80. The molecule has 0 bridgehead atoms. The molecule has 0 aliphatic carbocycles. The molecule has 6 nitrogen and oxygen atoms in total. The van der Waals surface area contributed by atoms with E-state index in [1.165, 1.54) is 54.7 Å². The Bertz CT molecular complexity index is 1150. The van der Waals surface area contributed by atoms with Crippen molar-refractivity contribution in [3.8, 4) is 0 Å². The summed E-state index contributed by atoms with van der Waals surface area (Å²) in [6.07, 6.45) is 1.47. The number of hydrogen-bond acceptors (Lipinski definition) is 4. The van der Waals surface area contributed by atoms with Gasteiger partial charge in [0, 0.05) is 21.3 Å². The van der Waals surface area contributed by atoms with Crippen LogP contribution in [0.2, 0.25) is 10.0 Å². The lowest BCUT2D eigenvalue weighted by Crippen LogP contribution is -2.18. The van der Waals surface area contributed by atoms with Crippen molar-refractivity contribution in [3.63, 3.8) is 0 Å². The summed E-state index contributed by atoms with van der Waals surface area (Å²) in [5.41, 5.74) is 3.78. The predicted octanol–water partition coefficient (Wildman–Crippen LogP) is 4.56. The first kappa shape index (κ1) is 20.9. The van der Waals surface area contributed by atoms with Crippen LogP contribution in [0.4, 0.5) is 5.69 Å². The largest absolute Gasteiger partial charge is 0.280 e. The Labute approximate surface area is 178 Å². The standard InChI is InChI=1S/C20H15Cl2N3O3S/c21-16-6-10-19(11-7-16)29(27,28)25-18-8-4-15(5-9-18)20(26)24-23-13-14-2-1-3-17(22)12-14/h1-13,25H,(H,24,26)/b23-13+. The number of amides is 1. The highest BCUT2D eigenvalue weighted by atomic mass is 35.5. The Morgan fingerprint density at radius 1 is 0.897 bits per heavy atom. The zero-order valence-corrected chi connectivity index (χ0v) is 17.2. The molecule has 0 aromatic heterocycles. The molecule has 1 amide bonds. The molecule has 0 atom stereocenters. The summed E-state index contributed by atoms with van der Waals surface area (Å²) in [5.74, 6) is -0.435. The monoisotopic (exact) mass is 447 g/mol. The van der Waals surface area contributed by atoms with Crippen LogP contribution in [0.15, 0.2) is 82.8 Å². The molecular weight excluding hydrogens is 433 g/mol. The molecule has 0 saturated heterocycles. The fourth-order valence-corrected chi connectivity index (χ4v) is 3.72. The van der Waals surface area contributed by atoms with Crippen LogP contribution in [-0.4, -0.2) is 20.5 Å². The third-order valence-corrected chi connectivity index (χ3v) is 5.64. The SMILES string of the molecule is O=C(N/N=C/c1cccc(Cl)c1)c1ccc(NS(=O)(=O)c2ccc(Cl)cc2)cc1. The first-order chi connectivity index (χ1) is 13.8. The van der Waals surface area contributed by atoms with Crippen molar-refractivity contribution >= 4 is 51.0 Å². The van der Waals surface area contributed by atoms with Gasteiger partial charge < -0.3 is 0 Å². The van der Waals surface area contributed by atoms with Crippen LogP contribution in [0.3, 0.4) is 0 Å². The normalized spacial score (nSPS) is 11.4. The number of carbonyl (C=O) groups is 1. The summed E-state index contributed by atoms with van der Waals surface area (Å²) in [5, 5.41) is 4.89. The van der Waals surface area contributed by atoms with Crippen molar-refractivity contribution in [2.45, 2.75) is 4.90 Å². The highest BCUT2D eigenvalue weighted by Crippen LogP contribution is 2.18. The van der Waals surface area contributed by atoms with Crippen molar-refractivity contribution < 1.29 is 13.2 Å². The lowest BCUT2D eigenvalue weighted by molar-refractivity contribution is 0.0955. The van der Waals surface area contributed by atoms with Crippen LogP contribution < -0.4 is 10.1 Å². The second kappa shape index (κ2) is 9.09. The minimum absolute atomic E-state index is 0.0825. The molecule has 9 heteroatoms. The fraction of sp³-hybridized carbons (Fsp3) is 0. The molecular formula is C20H15Cl2N3O3S. The van der Waals surface area contributed by atoms with E-state index < -0.39 is 15.9 Å². The third-order valence-electron chi connectivity index (χ3n) is 3.75. The second-order valence-corrected chi connectivity index (χ2v) is 8.45. The lowest BCUT2D eigenvalue weighted by atomic mass is 10.2. The van der Waals surface area contributed by atoms with Crippen LogP contribution in [0.5, 0.6) is 0 Å². The summed E-state index contributed by atoms with van der Waals surface area (Å²) in [4.78, 5) is 12.2. The van der Waals surface area contributed by atoms with Gasteiger partial charge in [0.25, 0.3) is 15.9 Å². The number of nitrogens with zero attached hydrogens (tertiary/aromatic N) is 1. The molecule has 0 radical (unpaired) electrons. The van der Waals surface area contributed by atoms with Gasteiger partial charge in [-0.3, -0.25) is 9.52 Å². The smallest absolute Gasteiger partial charge is 0.271 e. The van der Waals surface area contributed by atoms with E-state index in [1.54, 1.807) is 24.3 Å². The van der Waals surface area contributed by atoms with Gasteiger partial charge in [0.05, 0.1) is 11.1 Å². The summed E-state index contributed by atoms with van der Waals surface area (Å²) >= 11 is 11.7. The van der Waals surface area contributed by atoms with Gasteiger partial charge >= 0.3 is 0 Å². The van der Waals surface area contributed by atoms with Gasteiger partial charge in [0.2, 0.25) is 0 Å². The Kier molecular flexibility index (Phi) is 6.53. The average Bonchev–Trinajstić information content (AvgIpc) is 2.68. The number of anilines is 1. The highest BCUT2D eigenvalue weighted by molar-refractivity contribution is 7.92. The minimum atomic E-state index is -3.76. The molecule has 29 heavy (non-hydrogen) atoms. The van der Waals surface area contributed by atoms with E-state index in [9.17, 15) is 13.2 Å². The van der Waals surface area contributed by atoms with Crippen molar-refractivity contribution in [1.82, 2.24) is 5.43 Å². The van der Waals surface area contributed by atoms with Gasteiger partial charge in [-0.25, -0.2) is 13.8 Å². The molecule has 148 valence electrons. The molecule has 0 aliphatic heterocycles. The number of hydrogen-bond donors (Lipinski definition) is 2. The Balaban J connectivity index is 1.63. The average molecular weight is 448 g/mol. The molecule has 3 aromatic rings. The molecule has 0 aliphatic rings. The number of sulfonamides is 1. The molecule has 2 N–H and O–H groups in total. The minimum Gasteiger partial charge on any atom is -0.280 e. The molecule has 0 heterocycles. The first-order valence-electron chi connectivity index (χ1n) is 8.31. The van der Waals surface area contributed by atoms with Gasteiger partial charge in [0.1, 0.15) is 0 Å². The molecule has 0 unspecified atom stereocenters. The quantitative estimate of drug-likeness (QED) is 0.428. The van der Waals surface area contributed by atoms with Crippen molar-refractivity contribution in [1.29, 1.82) is 0 Å². The molecule has 0 fully saturated rings. The fourth-order valence-electron chi connectivity index (χ4n) is 2.33. The summed E-state index contributed by atoms with van der Waals surface area (Å²) < 4.78 is 27.2. The number of carbonyl (C=O) groups excluding carboxylic acids is 1. The van der Waals surface area contributed by atoms with Gasteiger partial charge in [-0.1, -0.05) is 35.3 Å². The Hall–Kier alpha value is -2.87. The number of nitrogens with one attached hydrogen (secondary N) is 2. The zero-order valence-electron chi connectivity index (χ0n) is 14.8. The number of hydrazone groups is 1. The van der Waals surface area contributed by atoms with Crippen molar-refractivity contribution in [3.05, 3.63) is 94.0 Å².